The largest absolute Gasteiger partial charge is 0.479 e. The van der Waals surface area contributed by atoms with E-state index in [1.165, 1.54) is 18.2 Å². The summed E-state index contributed by atoms with van der Waals surface area (Å²) in [6, 6.07) is 9.34. The molecule has 0 saturated carbocycles. The average molecular weight is 309 g/mol. The molecular formula is C15H14ClFN2O2. The molecule has 2 rings (SSSR count). The molecule has 0 aliphatic rings. The lowest BCUT2D eigenvalue weighted by Gasteiger charge is -2.11. The predicted molar refractivity (Wildman–Crippen MR) is 81.1 cm³/mol. The second-order valence-electron chi connectivity index (χ2n) is 4.41. The molecule has 0 spiro atoms. The Morgan fingerprint density at radius 3 is 2.76 bits per heavy atom. The zero-order valence-corrected chi connectivity index (χ0v) is 12.1. The summed E-state index contributed by atoms with van der Waals surface area (Å²) in [4.78, 5) is 11.8. The van der Waals surface area contributed by atoms with Gasteiger partial charge in [-0.2, -0.15) is 0 Å². The van der Waals surface area contributed by atoms with Gasteiger partial charge in [0.1, 0.15) is 0 Å². The van der Waals surface area contributed by atoms with E-state index in [4.69, 9.17) is 22.1 Å². The Kier molecular flexibility index (Phi) is 4.65. The highest BCUT2D eigenvalue weighted by molar-refractivity contribution is 6.32. The van der Waals surface area contributed by atoms with Gasteiger partial charge in [-0.3, -0.25) is 4.79 Å². The van der Waals surface area contributed by atoms with Crippen LogP contribution in [0.2, 0.25) is 5.02 Å². The fraction of sp³-hybridized carbons (Fsp3) is 0.133. The molecule has 4 nitrogen and oxygen atoms in total. The van der Waals surface area contributed by atoms with Gasteiger partial charge < -0.3 is 15.8 Å². The SMILES string of the molecule is Cc1c(N)cccc1NC(=O)COc1c(F)cccc1Cl. The molecule has 6 heteroatoms. The smallest absolute Gasteiger partial charge is 0.262 e. The number of carbonyl (C=O) groups is 1. The number of halogens is 2. The van der Waals surface area contributed by atoms with Crippen molar-refractivity contribution in [2.24, 2.45) is 0 Å². The van der Waals surface area contributed by atoms with E-state index in [9.17, 15) is 9.18 Å². The molecule has 2 aromatic rings. The first-order valence-corrected chi connectivity index (χ1v) is 6.58. The minimum Gasteiger partial charge on any atom is -0.479 e. The Hall–Kier alpha value is -2.27. The average Bonchev–Trinajstić information content (AvgIpc) is 2.43. The highest BCUT2D eigenvalue weighted by Gasteiger charge is 2.11. The third kappa shape index (κ3) is 3.64. The molecule has 0 aliphatic heterocycles. The van der Waals surface area contributed by atoms with Crippen LogP contribution in [-0.2, 0) is 4.79 Å². The molecule has 0 bridgehead atoms. The van der Waals surface area contributed by atoms with Gasteiger partial charge in [0.2, 0.25) is 0 Å². The van der Waals surface area contributed by atoms with Crippen molar-refractivity contribution in [1.29, 1.82) is 0 Å². The Labute approximate surface area is 126 Å². The van der Waals surface area contributed by atoms with Crippen molar-refractivity contribution in [3.8, 4) is 5.75 Å². The maximum absolute atomic E-state index is 13.5. The van der Waals surface area contributed by atoms with Crippen LogP contribution in [0.3, 0.4) is 0 Å². The number of benzene rings is 2. The molecule has 2 aromatic carbocycles. The van der Waals surface area contributed by atoms with Crippen molar-refractivity contribution >= 4 is 28.9 Å². The second-order valence-corrected chi connectivity index (χ2v) is 4.81. The van der Waals surface area contributed by atoms with Crippen molar-refractivity contribution in [2.45, 2.75) is 6.92 Å². The van der Waals surface area contributed by atoms with E-state index in [-0.39, 0.29) is 17.4 Å². The first kappa shape index (κ1) is 15.1. The molecule has 110 valence electrons. The number of ether oxygens (including phenoxy) is 1. The van der Waals surface area contributed by atoms with Gasteiger partial charge in [-0.15, -0.1) is 0 Å². The number of para-hydroxylation sites is 1. The topological polar surface area (TPSA) is 64.3 Å². The summed E-state index contributed by atoms with van der Waals surface area (Å²) >= 11 is 5.81. The number of rotatable bonds is 4. The fourth-order valence-corrected chi connectivity index (χ4v) is 1.95. The zero-order valence-electron chi connectivity index (χ0n) is 11.3. The molecule has 0 fully saturated rings. The monoisotopic (exact) mass is 308 g/mol. The van der Waals surface area contributed by atoms with E-state index >= 15 is 0 Å². The van der Waals surface area contributed by atoms with Crippen molar-refractivity contribution in [3.05, 3.63) is 52.8 Å². The molecule has 0 radical (unpaired) electrons. The number of hydrogen-bond acceptors (Lipinski definition) is 3. The van der Waals surface area contributed by atoms with E-state index in [2.05, 4.69) is 5.32 Å². The van der Waals surface area contributed by atoms with Gasteiger partial charge in [0.05, 0.1) is 5.02 Å². The quantitative estimate of drug-likeness (QED) is 0.851. The van der Waals surface area contributed by atoms with Crippen LogP contribution in [0.25, 0.3) is 0 Å². The second kappa shape index (κ2) is 6.45. The number of amides is 1. The number of hydrogen-bond donors (Lipinski definition) is 2. The van der Waals surface area contributed by atoms with Crippen LogP contribution in [0.15, 0.2) is 36.4 Å². The number of anilines is 2. The Bertz CT molecular complexity index is 656. The minimum atomic E-state index is -0.615. The molecule has 0 heterocycles. The highest BCUT2D eigenvalue weighted by Crippen LogP contribution is 2.27. The molecule has 1 amide bonds. The Morgan fingerprint density at radius 2 is 2.05 bits per heavy atom. The first-order chi connectivity index (χ1) is 9.99. The number of nitrogen functional groups attached to an aromatic ring is 1. The summed E-state index contributed by atoms with van der Waals surface area (Å²) in [6.45, 7) is 1.44. The van der Waals surface area contributed by atoms with Crippen LogP contribution in [0.5, 0.6) is 5.75 Å². The summed E-state index contributed by atoms with van der Waals surface area (Å²) in [7, 11) is 0. The van der Waals surface area contributed by atoms with Crippen molar-refractivity contribution in [2.75, 3.05) is 17.7 Å². The molecule has 0 aromatic heterocycles. The summed E-state index contributed by atoms with van der Waals surface area (Å²) in [5.41, 5.74) is 7.67. The summed E-state index contributed by atoms with van der Waals surface area (Å²) < 4.78 is 18.6. The van der Waals surface area contributed by atoms with Gasteiger partial charge >= 0.3 is 0 Å². The van der Waals surface area contributed by atoms with E-state index < -0.39 is 11.7 Å². The lowest BCUT2D eigenvalue weighted by molar-refractivity contribution is -0.118. The Balaban J connectivity index is 2.01. The Morgan fingerprint density at radius 1 is 1.33 bits per heavy atom. The van der Waals surface area contributed by atoms with E-state index in [1.807, 2.05) is 0 Å². The van der Waals surface area contributed by atoms with Gasteiger partial charge in [-0.25, -0.2) is 4.39 Å². The van der Waals surface area contributed by atoms with Crippen molar-refractivity contribution in [1.82, 2.24) is 0 Å². The van der Waals surface area contributed by atoms with Crippen LogP contribution in [0.4, 0.5) is 15.8 Å². The van der Waals surface area contributed by atoms with Gasteiger partial charge in [0.25, 0.3) is 5.91 Å². The summed E-state index contributed by atoms with van der Waals surface area (Å²) in [5, 5.41) is 2.76. The number of nitrogens with two attached hydrogens (primary N) is 1. The lowest BCUT2D eigenvalue weighted by Crippen LogP contribution is -2.21. The predicted octanol–water partition coefficient (Wildman–Crippen LogP) is 3.39. The molecular weight excluding hydrogens is 295 g/mol. The fourth-order valence-electron chi connectivity index (χ4n) is 1.73. The van der Waals surface area contributed by atoms with Gasteiger partial charge in [0.15, 0.2) is 18.2 Å². The minimum absolute atomic E-state index is 0.114. The summed E-state index contributed by atoms with van der Waals surface area (Å²) in [6.07, 6.45) is 0. The molecule has 0 aliphatic carbocycles. The van der Waals surface area contributed by atoms with Crippen LogP contribution in [0, 0.1) is 12.7 Å². The van der Waals surface area contributed by atoms with Crippen molar-refractivity contribution < 1.29 is 13.9 Å². The maximum atomic E-state index is 13.5. The number of nitrogens with one attached hydrogen (secondary N) is 1. The van der Waals surface area contributed by atoms with Crippen LogP contribution < -0.4 is 15.8 Å². The lowest BCUT2D eigenvalue weighted by atomic mass is 10.1. The van der Waals surface area contributed by atoms with Gasteiger partial charge in [-0.05, 0) is 36.8 Å². The molecule has 0 saturated heterocycles. The number of carbonyl (C=O) groups excluding carboxylic acids is 1. The molecule has 3 N–H and O–H groups in total. The van der Waals surface area contributed by atoms with Crippen LogP contribution in [0.1, 0.15) is 5.56 Å². The van der Waals surface area contributed by atoms with Crippen molar-refractivity contribution in [3.63, 3.8) is 0 Å². The highest BCUT2D eigenvalue weighted by atomic mass is 35.5. The van der Waals surface area contributed by atoms with E-state index in [1.54, 1.807) is 25.1 Å². The third-order valence-electron chi connectivity index (χ3n) is 2.92. The maximum Gasteiger partial charge on any atom is 0.262 e. The molecule has 21 heavy (non-hydrogen) atoms. The van der Waals surface area contributed by atoms with E-state index in [0.717, 1.165) is 5.56 Å². The third-order valence-corrected chi connectivity index (χ3v) is 3.21. The molecule has 0 unspecified atom stereocenters. The van der Waals surface area contributed by atoms with Crippen LogP contribution >= 0.6 is 11.6 Å². The van der Waals surface area contributed by atoms with Gasteiger partial charge in [-0.1, -0.05) is 23.7 Å². The van der Waals surface area contributed by atoms with Gasteiger partial charge in [0, 0.05) is 11.4 Å². The zero-order chi connectivity index (χ0) is 15.4. The first-order valence-electron chi connectivity index (χ1n) is 6.21. The van der Waals surface area contributed by atoms with E-state index in [0.29, 0.717) is 11.4 Å². The van der Waals surface area contributed by atoms with Crippen LogP contribution in [-0.4, -0.2) is 12.5 Å². The standard InChI is InChI=1S/C15H14ClFN2O2/c1-9-12(18)6-3-7-13(9)19-14(20)8-21-15-10(16)4-2-5-11(15)17/h2-7H,8,18H2,1H3,(H,19,20). The normalized spacial score (nSPS) is 10.2. The molecule has 0 atom stereocenters. The summed E-state index contributed by atoms with van der Waals surface area (Å²) in [5.74, 6) is -1.18.